The van der Waals surface area contributed by atoms with Crippen molar-refractivity contribution in [2.45, 2.75) is 63.9 Å². The fraction of sp³-hybridized carbons (Fsp3) is 0.548. The molecule has 1 amide bonds. The number of dihydropyridines is 1. The van der Waals surface area contributed by atoms with Crippen LogP contribution in [-0.2, 0) is 9.53 Å². The van der Waals surface area contributed by atoms with Gasteiger partial charge in [0, 0.05) is 49.9 Å². The third-order valence-electron chi connectivity index (χ3n) is 7.74. The number of alkyl halides is 2. The molecule has 4 heterocycles. The molecule has 2 fully saturated rings. The lowest BCUT2D eigenvalue weighted by molar-refractivity contribution is -0.116. The summed E-state index contributed by atoms with van der Waals surface area (Å²) in [5, 5.41) is 9.98. The van der Waals surface area contributed by atoms with Crippen molar-refractivity contribution >= 4 is 22.8 Å². The zero-order valence-electron chi connectivity index (χ0n) is 24.9. The molecule has 0 aromatic carbocycles. The van der Waals surface area contributed by atoms with E-state index >= 15 is 0 Å². The molecule has 8 nitrogen and oxygen atoms in total. The summed E-state index contributed by atoms with van der Waals surface area (Å²) in [5.41, 5.74) is 4.84. The van der Waals surface area contributed by atoms with Crippen molar-refractivity contribution in [2.75, 3.05) is 33.8 Å². The Labute approximate surface area is 251 Å². The van der Waals surface area contributed by atoms with E-state index in [4.69, 9.17) is 4.74 Å². The van der Waals surface area contributed by atoms with E-state index in [9.17, 15) is 13.6 Å². The Kier molecular flexibility index (Phi) is 8.37. The summed E-state index contributed by atoms with van der Waals surface area (Å²) >= 11 is 1.34. The quantitative estimate of drug-likeness (QED) is 0.420. The molecule has 42 heavy (non-hydrogen) atoms. The molecule has 3 N–H and O–H groups in total. The minimum atomic E-state index is -2.65. The van der Waals surface area contributed by atoms with Crippen LogP contribution in [-0.4, -0.2) is 78.0 Å². The predicted molar refractivity (Wildman–Crippen MR) is 162 cm³/mol. The highest BCUT2D eigenvalue weighted by atomic mass is 32.2. The number of methoxy groups -OCH3 is 1. The zero-order chi connectivity index (χ0) is 30.2. The van der Waals surface area contributed by atoms with Crippen LogP contribution < -0.4 is 16.1 Å². The fourth-order valence-corrected chi connectivity index (χ4v) is 5.79. The van der Waals surface area contributed by atoms with E-state index < -0.39 is 12.5 Å². The SMILES string of the molecule is COC1=CNC(C(F)F)C=C1C1=C(C(=O)NC2=NNC(C#CC3CC3)S2)CN(C)C(C#CC(C)(C)N2CC(C)(C)C2)=C1. The number of hydrazone groups is 1. The van der Waals surface area contributed by atoms with E-state index in [1.807, 2.05) is 11.9 Å². The van der Waals surface area contributed by atoms with Gasteiger partial charge in [0.15, 0.2) is 10.5 Å². The van der Waals surface area contributed by atoms with Crippen molar-refractivity contribution < 1.29 is 18.3 Å². The Hall–Kier alpha value is -3.41. The molecule has 1 aliphatic carbocycles. The lowest BCUT2D eigenvalue weighted by Crippen LogP contribution is -2.60. The van der Waals surface area contributed by atoms with Gasteiger partial charge >= 0.3 is 0 Å². The van der Waals surface area contributed by atoms with Crippen LogP contribution in [0.3, 0.4) is 0 Å². The molecule has 2 unspecified atom stereocenters. The van der Waals surface area contributed by atoms with Gasteiger partial charge in [0.2, 0.25) is 0 Å². The molecule has 4 aliphatic heterocycles. The lowest BCUT2D eigenvalue weighted by atomic mass is 9.80. The number of carbonyl (C=O) groups is 1. The Morgan fingerprint density at radius 1 is 1.29 bits per heavy atom. The first-order chi connectivity index (χ1) is 19.8. The molecule has 0 radical (unpaired) electrons. The normalized spacial score (nSPS) is 25.3. The maximum atomic E-state index is 13.8. The molecule has 1 saturated carbocycles. The van der Waals surface area contributed by atoms with E-state index in [0.29, 0.717) is 39.3 Å². The summed E-state index contributed by atoms with van der Waals surface area (Å²) in [4.78, 5) is 17.9. The minimum absolute atomic E-state index is 0.219. The second kappa shape index (κ2) is 11.7. The Balaban J connectivity index is 1.46. The minimum Gasteiger partial charge on any atom is -0.495 e. The van der Waals surface area contributed by atoms with Gasteiger partial charge in [-0.15, -0.1) is 0 Å². The Bertz CT molecular complexity index is 1410. The average molecular weight is 597 g/mol. The number of allylic oxidation sites excluding steroid dienone is 3. The number of hydrogen-bond donors (Lipinski definition) is 3. The van der Waals surface area contributed by atoms with Crippen molar-refractivity contribution in [3.05, 3.63) is 46.5 Å². The van der Waals surface area contributed by atoms with E-state index in [-0.39, 0.29) is 28.8 Å². The van der Waals surface area contributed by atoms with Crippen LogP contribution >= 0.6 is 11.8 Å². The molecule has 5 aliphatic rings. The average Bonchev–Trinajstić information content (AvgIpc) is 3.66. The van der Waals surface area contributed by atoms with Crippen LogP contribution in [0.2, 0.25) is 0 Å². The molecule has 0 aromatic rings. The maximum Gasteiger partial charge on any atom is 0.261 e. The van der Waals surface area contributed by atoms with Crippen LogP contribution in [0, 0.1) is 35.0 Å². The van der Waals surface area contributed by atoms with Crippen molar-refractivity contribution in [3.63, 3.8) is 0 Å². The Morgan fingerprint density at radius 3 is 2.67 bits per heavy atom. The van der Waals surface area contributed by atoms with Crippen LogP contribution in [0.4, 0.5) is 8.78 Å². The van der Waals surface area contributed by atoms with Gasteiger partial charge < -0.3 is 15.0 Å². The highest BCUT2D eigenvalue weighted by molar-refractivity contribution is 8.14. The van der Waals surface area contributed by atoms with E-state index in [1.54, 1.807) is 6.08 Å². The molecule has 11 heteroatoms. The van der Waals surface area contributed by atoms with Crippen molar-refractivity contribution in [3.8, 4) is 23.7 Å². The van der Waals surface area contributed by atoms with Gasteiger partial charge in [-0.1, -0.05) is 31.6 Å². The maximum absolute atomic E-state index is 13.8. The molecule has 5 rings (SSSR count). The van der Waals surface area contributed by atoms with Crippen LogP contribution in [0.15, 0.2) is 51.6 Å². The number of hydrogen-bond acceptors (Lipinski definition) is 8. The van der Waals surface area contributed by atoms with Gasteiger partial charge in [-0.2, -0.15) is 5.10 Å². The molecular weight excluding hydrogens is 558 g/mol. The van der Waals surface area contributed by atoms with E-state index in [2.05, 4.69) is 77.4 Å². The summed E-state index contributed by atoms with van der Waals surface area (Å²) < 4.78 is 33.1. The highest BCUT2D eigenvalue weighted by Gasteiger charge is 2.41. The summed E-state index contributed by atoms with van der Waals surface area (Å²) in [6.07, 6.45) is 4.24. The number of carbonyl (C=O) groups excluding carboxylic acids is 1. The van der Waals surface area contributed by atoms with Gasteiger partial charge in [0.05, 0.1) is 18.3 Å². The number of amidine groups is 1. The Morgan fingerprint density at radius 2 is 2.02 bits per heavy atom. The molecule has 0 aromatic heterocycles. The highest BCUT2D eigenvalue weighted by Crippen LogP contribution is 2.35. The van der Waals surface area contributed by atoms with E-state index in [1.165, 1.54) is 31.1 Å². The van der Waals surface area contributed by atoms with Crippen molar-refractivity contribution in [2.24, 2.45) is 16.4 Å². The number of ether oxygens (including phenoxy) is 1. The smallest absolute Gasteiger partial charge is 0.261 e. The molecule has 0 spiro atoms. The number of amides is 1. The van der Waals surface area contributed by atoms with Gasteiger partial charge in [-0.3, -0.25) is 20.4 Å². The monoisotopic (exact) mass is 596 g/mol. The molecular formula is C31H38F2N6O2S. The summed E-state index contributed by atoms with van der Waals surface area (Å²) in [7, 11) is 3.34. The molecule has 2 atom stereocenters. The number of nitrogens with zero attached hydrogens (tertiary/aromatic N) is 3. The predicted octanol–water partition coefficient (Wildman–Crippen LogP) is 3.35. The second-order valence-corrected chi connectivity index (χ2v) is 13.6. The first kappa shape index (κ1) is 30.1. The topological polar surface area (TPSA) is 81.2 Å². The lowest BCUT2D eigenvalue weighted by Gasteiger charge is -2.52. The number of rotatable bonds is 5. The van der Waals surface area contributed by atoms with Crippen molar-refractivity contribution in [1.29, 1.82) is 0 Å². The van der Waals surface area contributed by atoms with Crippen LogP contribution in [0.5, 0.6) is 0 Å². The standard InChI is InChI=1S/C31H38F2N6O2S/c1-30(2)17-39(18-30)31(3,4)12-11-20-13-21(22-14-24(27(32)33)34-15-25(22)41-6)23(16-38(20)5)28(40)35-29-37-36-26(42-29)10-9-19-7-8-19/h13-15,19,24,26-27,34,36H,7-8,16-18H2,1-6H3,(H,35,37,40). The van der Waals surface area contributed by atoms with Gasteiger partial charge in [0.25, 0.3) is 12.3 Å². The summed E-state index contributed by atoms with van der Waals surface area (Å²) in [5.74, 6) is 13.5. The number of nitrogens with one attached hydrogen (secondary N) is 3. The second-order valence-electron chi connectivity index (χ2n) is 12.5. The number of likely N-dealkylation sites (tertiary alicyclic amines) is 1. The summed E-state index contributed by atoms with van der Waals surface area (Å²) in [6.45, 7) is 10.8. The van der Waals surface area contributed by atoms with Gasteiger partial charge in [-0.25, -0.2) is 8.78 Å². The third kappa shape index (κ3) is 6.79. The van der Waals surface area contributed by atoms with Crippen LogP contribution in [0.1, 0.15) is 40.5 Å². The fourth-order valence-electron chi connectivity index (χ4n) is 5.08. The van der Waals surface area contributed by atoms with Gasteiger partial charge in [0.1, 0.15) is 11.8 Å². The van der Waals surface area contributed by atoms with E-state index in [0.717, 1.165) is 25.9 Å². The molecule has 0 bridgehead atoms. The molecule has 224 valence electrons. The van der Waals surface area contributed by atoms with Crippen molar-refractivity contribution in [1.82, 2.24) is 25.9 Å². The molecule has 1 saturated heterocycles. The number of thioether (sulfide) groups is 1. The zero-order valence-corrected chi connectivity index (χ0v) is 25.7. The summed E-state index contributed by atoms with van der Waals surface area (Å²) in [6, 6.07) is -1.23. The van der Waals surface area contributed by atoms with Crippen LogP contribution in [0.25, 0.3) is 0 Å². The first-order valence-corrected chi connectivity index (χ1v) is 15.0. The largest absolute Gasteiger partial charge is 0.495 e. The third-order valence-corrected chi connectivity index (χ3v) is 8.62. The number of likely N-dealkylation sites (N-methyl/N-ethyl adjacent to an activating group) is 1. The van der Waals surface area contributed by atoms with Gasteiger partial charge in [-0.05, 0) is 67.5 Å². The number of halogens is 2. The first-order valence-electron chi connectivity index (χ1n) is 14.1.